The molecule has 4 amide bonds. The summed E-state index contributed by atoms with van der Waals surface area (Å²) in [6.07, 6.45) is 1.38. The molecule has 9 nitrogen and oxygen atoms in total. The van der Waals surface area contributed by atoms with Crippen molar-refractivity contribution >= 4 is 46.9 Å². The quantitative estimate of drug-likeness (QED) is 0.242. The fraction of sp³-hybridized carbons (Fsp3) is 0.0417. The molecule has 4 rings (SSSR count). The van der Waals surface area contributed by atoms with Gasteiger partial charge in [-0.2, -0.15) is 0 Å². The molecule has 0 radical (unpaired) electrons. The van der Waals surface area contributed by atoms with E-state index in [1.807, 2.05) is 0 Å². The van der Waals surface area contributed by atoms with Crippen molar-refractivity contribution in [2.75, 3.05) is 4.90 Å². The first kappa shape index (κ1) is 22.7. The van der Waals surface area contributed by atoms with Crippen LogP contribution in [0.1, 0.15) is 11.1 Å². The largest absolute Gasteiger partial charge is 0.489 e. The van der Waals surface area contributed by atoms with Crippen LogP contribution in [0.2, 0.25) is 5.02 Å². The van der Waals surface area contributed by atoms with Crippen molar-refractivity contribution in [2.24, 2.45) is 0 Å². The summed E-state index contributed by atoms with van der Waals surface area (Å²) in [5.74, 6) is -1.04. The zero-order chi connectivity index (χ0) is 24.2. The molecule has 10 heteroatoms. The Balaban J connectivity index is 1.48. The molecule has 1 aliphatic heterocycles. The van der Waals surface area contributed by atoms with Gasteiger partial charge in [-0.3, -0.25) is 25.0 Å². The van der Waals surface area contributed by atoms with Crippen molar-refractivity contribution in [1.82, 2.24) is 5.32 Å². The van der Waals surface area contributed by atoms with E-state index in [1.54, 1.807) is 48.5 Å². The lowest BCUT2D eigenvalue weighted by Crippen LogP contribution is -2.54. The van der Waals surface area contributed by atoms with Crippen LogP contribution in [0.3, 0.4) is 0 Å². The maximum Gasteiger partial charge on any atom is 0.335 e. The van der Waals surface area contributed by atoms with E-state index in [0.29, 0.717) is 16.3 Å². The number of carbonyl (C=O) groups is 3. The number of nitro groups is 1. The molecule has 0 saturated carbocycles. The Bertz CT molecular complexity index is 1320. The lowest BCUT2D eigenvalue weighted by Gasteiger charge is -2.26. The predicted octanol–water partition coefficient (Wildman–Crippen LogP) is 4.49. The van der Waals surface area contributed by atoms with Crippen molar-refractivity contribution in [2.45, 2.75) is 6.61 Å². The Kier molecular flexibility index (Phi) is 6.37. The summed E-state index contributed by atoms with van der Waals surface area (Å²) in [6, 6.07) is 18.0. The second-order valence-electron chi connectivity index (χ2n) is 7.22. The summed E-state index contributed by atoms with van der Waals surface area (Å²) in [5.41, 5.74) is 1.33. The van der Waals surface area contributed by atoms with E-state index < -0.39 is 22.8 Å². The number of nitrogens with one attached hydrogen (secondary N) is 1. The van der Waals surface area contributed by atoms with Gasteiger partial charge in [0.1, 0.15) is 17.9 Å². The topological polar surface area (TPSA) is 119 Å². The van der Waals surface area contributed by atoms with Gasteiger partial charge in [0, 0.05) is 17.2 Å². The average molecular weight is 478 g/mol. The number of barbiturate groups is 1. The maximum atomic E-state index is 12.9. The number of nitrogens with zero attached hydrogens (tertiary/aromatic N) is 2. The maximum absolute atomic E-state index is 12.9. The Labute approximate surface area is 198 Å². The van der Waals surface area contributed by atoms with E-state index in [-0.39, 0.29) is 23.6 Å². The number of carbonyl (C=O) groups excluding carboxylic acids is 3. The molecule has 1 saturated heterocycles. The Morgan fingerprint density at radius 2 is 1.71 bits per heavy atom. The molecule has 34 heavy (non-hydrogen) atoms. The number of non-ortho nitro benzene ring substituents is 1. The lowest BCUT2D eigenvalue weighted by atomic mass is 10.1. The second-order valence-corrected chi connectivity index (χ2v) is 7.66. The molecule has 1 fully saturated rings. The molecule has 1 aliphatic rings. The minimum atomic E-state index is -0.857. The number of rotatable bonds is 6. The number of anilines is 1. The summed E-state index contributed by atoms with van der Waals surface area (Å²) in [4.78, 5) is 48.6. The molecule has 1 heterocycles. The molecule has 0 atom stereocenters. The van der Waals surface area contributed by atoms with Gasteiger partial charge in [0.2, 0.25) is 0 Å². The number of nitro benzene ring substituents is 1. The highest BCUT2D eigenvalue weighted by Gasteiger charge is 2.36. The van der Waals surface area contributed by atoms with E-state index >= 15 is 0 Å². The normalized spacial score (nSPS) is 14.8. The van der Waals surface area contributed by atoms with E-state index in [2.05, 4.69) is 5.32 Å². The van der Waals surface area contributed by atoms with E-state index in [0.717, 1.165) is 10.5 Å². The number of halogens is 1. The summed E-state index contributed by atoms with van der Waals surface area (Å²) in [6.45, 7) is 0.204. The van der Waals surface area contributed by atoms with Crippen LogP contribution < -0.4 is 15.0 Å². The number of hydrogen-bond donors (Lipinski definition) is 1. The van der Waals surface area contributed by atoms with Gasteiger partial charge in [0.25, 0.3) is 17.5 Å². The van der Waals surface area contributed by atoms with Crippen LogP contribution in [0.15, 0.2) is 78.4 Å². The Hall–Kier alpha value is -4.50. The second kappa shape index (κ2) is 9.55. The monoisotopic (exact) mass is 477 g/mol. The van der Waals surface area contributed by atoms with Crippen LogP contribution in [-0.2, 0) is 16.2 Å². The molecule has 0 spiro atoms. The van der Waals surface area contributed by atoms with Crippen LogP contribution >= 0.6 is 11.6 Å². The van der Waals surface area contributed by atoms with Crippen molar-refractivity contribution in [3.05, 3.63) is 105 Å². The molecule has 3 aromatic rings. The van der Waals surface area contributed by atoms with Gasteiger partial charge >= 0.3 is 6.03 Å². The minimum absolute atomic E-state index is 0.00179. The average Bonchev–Trinajstić information content (AvgIpc) is 2.81. The number of urea groups is 1. The third-order valence-electron chi connectivity index (χ3n) is 4.91. The number of imide groups is 2. The predicted molar refractivity (Wildman–Crippen MR) is 124 cm³/mol. The van der Waals surface area contributed by atoms with Gasteiger partial charge in [-0.1, -0.05) is 29.8 Å². The summed E-state index contributed by atoms with van der Waals surface area (Å²) in [5, 5.41) is 13.2. The lowest BCUT2D eigenvalue weighted by molar-refractivity contribution is -0.384. The fourth-order valence-corrected chi connectivity index (χ4v) is 3.40. The molecule has 0 aliphatic carbocycles. The first-order valence-corrected chi connectivity index (χ1v) is 10.3. The van der Waals surface area contributed by atoms with Gasteiger partial charge in [0.05, 0.1) is 10.6 Å². The highest BCUT2D eigenvalue weighted by Crippen LogP contribution is 2.25. The van der Waals surface area contributed by atoms with Crippen LogP contribution in [-0.4, -0.2) is 22.8 Å². The summed E-state index contributed by atoms with van der Waals surface area (Å²) >= 11 is 5.96. The molecular weight excluding hydrogens is 462 g/mol. The van der Waals surface area contributed by atoms with Crippen LogP contribution in [0.4, 0.5) is 16.2 Å². The van der Waals surface area contributed by atoms with Crippen LogP contribution in [0.25, 0.3) is 6.08 Å². The molecule has 0 bridgehead atoms. The van der Waals surface area contributed by atoms with E-state index in [4.69, 9.17) is 16.3 Å². The standard InChI is InChI=1S/C24H16ClN3O6/c25-17-2-1-3-19(13-17)27-23(30)21(22(29)26-24(27)31)12-15-6-10-20(11-7-15)34-14-16-4-8-18(9-5-16)28(32)33/h1-13H,14H2,(H,26,29,31)/b21-12+. The van der Waals surface area contributed by atoms with Gasteiger partial charge in [-0.05, 0) is 59.7 Å². The van der Waals surface area contributed by atoms with Crippen molar-refractivity contribution in [1.29, 1.82) is 0 Å². The van der Waals surface area contributed by atoms with Crippen molar-refractivity contribution < 1.29 is 24.0 Å². The van der Waals surface area contributed by atoms with Crippen LogP contribution in [0, 0.1) is 10.1 Å². The number of benzene rings is 3. The first-order valence-electron chi connectivity index (χ1n) is 9.95. The SMILES string of the molecule is O=C1NC(=O)N(c2cccc(Cl)c2)C(=O)/C1=C/c1ccc(OCc2ccc([N+](=O)[O-])cc2)cc1. The third-order valence-corrected chi connectivity index (χ3v) is 5.15. The van der Waals surface area contributed by atoms with Gasteiger partial charge < -0.3 is 4.74 Å². The molecule has 170 valence electrons. The summed E-state index contributed by atoms with van der Waals surface area (Å²) in [7, 11) is 0. The molecular formula is C24H16ClN3O6. The summed E-state index contributed by atoms with van der Waals surface area (Å²) < 4.78 is 5.68. The van der Waals surface area contributed by atoms with E-state index in [9.17, 15) is 24.5 Å². The third kappa shape index (κ3) is 4.94. The number of amides is 4. The first-order chi connectivity index (χ1) is 16.3. The smallest absolute Gasteiger partial charge is 0.335 e. The van der Waals surface area contributed by atoms with Crippen LogP contribution in [0.5, 0.6) is 5.75 Å². The minimum Gasteiger partial charge on any atom is -0.489 e. The van der Waals surface area contributed by atoms with E-state index in [1.165, 1.54) is 30.3 Å². The Morgan fingerprint density at radius 3 is 2.35 bits per heavy atom. The fourth-order valence-electron chi connectivity index (χ4n) is 3.21. The highest BCUT2D eigenvalue weighted by molar-refractivity contribution is 6.39. The molecule has 1 N–H and O–H groups in total. The number of ether oxygens (including phenoxy) is 1. The van der Waals surface area contributed by atoms with Crippen molar-refractivity contribution in [3.8, 4) is 5.75 Å². The van der Waals surface area contributed by atoms with Crippen molar-refractivity contribution in [3.63, 3.8) is 0 Å². The van der Waals surface area contributed by atoms with Gasteiger partial charge in [0.15, 0.2) is 0 Å². The Morgan fingerprint density at radius 1 is 1.00 bits per heavy atom. The van der Waals surface area contributed by atoms with Gasteiger partial charge in [-0.15, -0.1) is 0 Å². The molecule has 0 unspecified atom stereocenters. The van der Waals surface area contributed by atoms with Gasteiger partial charge in [-0.25, -0.2) is 9.69 Å². The number of hydrogen-bond acceptors (Lipinski definition) is 6. The zero-order valence-corrected chi connectivity index (χ0v) is 18.2. The molecule has 3 aromatic carbocycles. The zero-order valence-electron chi connectivity index (χ0n) is 17.4. The highest BCUT2D eigenvalue weighted by atomic mass is 35.5. The molecule has 0 aromatic heterocycles.